The van der Waals surface area contributed by atoms with E-state index in [0.29, 0.717) is 6.04 Å². The zero-order valence-corrected chi connectivity index (χ0v) is 12.4. The number of furan rings is 1. The van der Waals surface area contributed by atoms with Gasteiger partial charge in [0.2, 0.25) is 0 Å². The molecule has 1 aliphatic carbocycles. The van der Waals surface area contributed by atoms with Crippen LogP contribution in [0.25, 0.3) is 11.0 Å². The fourth-order valence-electron chi connectivity index (χ4n) is 2.30. The summed E-state index contributed by atoms with van der Waals surface area (Å²) in [6.07, 6.45) is 5.50. The van der Waals surface area contributed by atoms with E-state index in [1.807, 2.05) is 6.07 Å². The standard InChI is InChI=1S/C14H16NO.Re/c1-15-13(11-3-4-11)9-10-2-5-14-12(8-10)6-7-16-14;/h2,5-8,11,13,15H,1,3-4,9H2;/q-1;. The smallest absolute Gasteiger partial charge is 0.133 e. The summed E-state index contributed by atoms with van der Waals surface area (Å²) in [5.74, 6) is 0.831. The molecular weight excluding hydrogens is 384 g/mol. The molecule has 0 saturated heterocycles. The van der Waals surface area contributed by atoms with Crippen LogP contribution >= 0.6 is 0 Å². The van der Waals surface area contributed by atoms with Gasteiger partial charge in [0, 0.05) is 25.8 Å². The summed E-state index contributed by atoms with van der Waals surface area (Å²) >= 11 is 0. The van der Waals surface area contributed by atoms with E-state index < -0.39 is 0 Å². The molecule has 1 radical (unpaired) electrons. The van der Waals surface area contributed by atoms with E-state index in [2.05, 4.69) is 30.6 Å². The Hall–Kier alpha value is -0.618. The van der Waals surface area contributed by atoms with Crippen molar-refractivity contribution in [3.63, 3.8) is 0 Å². The Morgan fingerprint density at radius 1 is 1.35 bits per heavy atom. The van der Waals surface area contributed by atoms with Crippen LogP contribution in [0.15, 0.2) is 34.9 Å². The zero-order valence-electron chi connectivity index (χ0n) is 9.66. The molecular formula is C14H16NORe-. The molecule has 3 rings (SSSR count). The van der Waals surface area contributed by atoms with Crippen LogP contribution in [0.5, 0.6) is 0 Å². The molecule has 2 nitrogen and oxygen atoms in total. The van der Waals surface area contributed by atoms with E-state index in [0.717, 1.165) is 17.9 Å². The summed E-state index contributed by atoms with van der Waals surface area (Å²) < 4.78 is 5.34. The van der Waals surface area contributed by atoms with Gasteiger partial charge in [-0.2, -0.15) is 0 Å². The van der Waals surface area contributed by atoms with Crippen molar-refractivity contribution in [1.29, 1.82) is 0 Å². The third kappa shape index (κ3) is 2.80. The van der Waals surface area contributed by atoms with E-state index in [4.69, 9.17) is 4.42 Å². The molecule has 1 aromatic heterocycles. The van der Waals surface area contributed by atoms with Crippen LogP contribution in [-0.4, -0.2) is 6.04 Å². The Balaban J connectivity index is 0.00000108. The van der Waals surface area contributed by atoms with Gasteiger partial charge in [0.1, 0.15) is 5.58 Å². The summed E-state index contributed by atoms with van der Waals surface area (Å²) in [4.78, 5) is 0. The van der Waals surface area contributed by atoms with E-state index in [1.54, 1.807) is 6.26 Å². The first-order valence-electron chi connectivity index (χ1n) is 5.85. The average molecular weight is 400 g/mol. The van der Waals surface area contributed by atoms with Crippen molar-refractivity contribution >= 4 is 11.0 Å². The molecule has 1 aliphatic rings. The van der Waals surface area contributed by atoms with Gasteiger partial charge in [-0.25, -0.2) is 0 Å². The third-order valence-corrected chi connectivity index (χ3v) is 3.43. The molecule has 91 valence electrons. The van der Waals surface area contributed by atoms with Gasteiger partial charge in [0.15, 0.2) is 0 Å². The molecule has 0 spiro atoms. The van der Waals surface area contributed by atoms with Crippen LogP contribution in [0.3, 0.4) is 0 Å². The van der Waals surface area contributed by atoms with Crippen molar-refractivity contribution in [3.8, 4) is 0 Å². The van der Waals surface area contributed by atoms with Gasteiger partial charge in [-0.1, -0.05) is 6.07 Å². The maximum Gasteiger partial charge on any atom is 0.133 e. The van der Waals surface area contributed by atoms with Crippen LogP contribution in [0.4, 0.5) is 0 Å². The second kappa shape index (κ2) is 5.35. The number of benzene rings is 1. The molecule has 3 heteroatoms. The van der Waals surface area contributed by atoms with E-state index in [9.17, 15) is 0 Å². The number of hydrogen-bond acceptors (Lipinski definition) is 2. The van der Waals surface area contributed by atoms with Gasteiger partial charge in [0.05, 0.1) is 6.26 Å². The summed E-state index contributed by atoms with van der Waals surface area (Å²) in [5, 5.41) is 4.37. The monoisotopic (exact) mass is 401 g/mol. The average Bonchev–Trinajstić information content (AvgIpc) is 3.04. The second-order valence-electron chi connectivity index (χ2n) is 4.64. The van der Waals surface area contributed by atoms with Gasteiger partial charge >= 0.3 is 0 Å². The predicted molar refractivity (Wildman–Crippen MR) is 64.9 cm³/mol. The Labute approximate surface area is 115 Å². The molecule has 0 aliphatic heterocycles. The maximum atomic E-state index is 5.34. The van der Waals surface area contributed by atoms with Crippen molar-refractivity contribution in [2.24, 2.45) is 5.92 Å². The molecule has 17 heavy (non-hydrogen) atoms. The molecule has 2 aromatic rings. The number of fused-ring (bicyclic) bond motifs is 1. The van der Waals surface area contributed by atoms with Gasteiger partial charge in [-0.05, 0) is 55.0 Å². The number of hydrogen-bond donors (Lipinski definition) is 1. The summed E-state index contributed by atoms with van der Waals surface area (Å²) in [5.41, 5.74) is 2.33. The quantitative estimate of drug-likeness (QED) is 0.798. The molecule has 1 saturated carbocycles. The molecule has 1 fully saturated rings. The second-order valence-corrected chi connectivity index (χ2v) is 4.64. The van der Waals surface area contributed by atoms with Gasteiger partial charge in [0.25, 0.3) is 0 Å². The van der Waals surface area contributed by atoms with Crippen molar-refractivity contribution in [3.05, 3.63) is 43.1 Å². The van der Waals surface area contributed by atoms with Crippen molar-refractivity contribution in [1.82, 2.24) is 5.32 Å². The first-order valence-corrected chi connectivity index (χ1v) is 5.85. The topological polar surface area (TPSA) is 25.2 Å². The first-order chi connectivity index (χ1) is 7.86. The predicted octanol–water partition coefficient (Wildman–Crippen LogP) is 3.13. The minimum Gasteiger partial charge on any atom is -0.470 e. The summed E-state index contributed by atoms with van der Waals surface area (Å²) in [6.45, 7) is 0. The molecule has 1 aromatic carbocycles. The SMILES string of the molecule is [CH2-]NC(Cc1ccc2occc2c1)C1CC1.[Re]. The Morgan fingerprint density at radius 2 is 2.18 bits per heavy atom. The van der Waals surface area contributed by atoms with Crippen LogP contribution in [0.1, 0.15) is 18.4 Å². The summed E-state index contributed by atoms with van der Waals surface area (Å²) in [6, 6.07) is 8.97. The van der Waals surface area contributed by atoms with Crippen LogP contribution in [0, 0.1) is 13.0 Å². The molecule has 1 N–H and O–H groups in total. The molecule has 1 atom stereocenters. The minimum absolute atomic E-state index is 0. The third-order valence-electron chi connectivity index (χ3n) is 3.43. The van der Waals surface area contributed by atoms with Gasteiger partial charge in [-0.15, -0.1) is 0 Å². The maximum absolute atomic E-state index is 5.34. The Morgan fingerprint density at radius 3 is 2.88 bits per heavy atom. The van der Waals surface area contributed by atoms with Crippen molar-refractivity contribution < 1.29 is 24.8 Å². The number of nitrogens with one attached hydrogen (secondary N) is 1. The van der Waals surface area contributed by atoms with Crippen LogP contribution < -0.4 is 5.32 Å². The normalized spacial score (nSPS) is 16.8. The fraction of sp³-hybridized carbons (Fsp3) is 0.357. The largest absolute Gasteiger partial charge is 0.470 e. The Bertz CT molecular complexity index is 490. The fourth-order valence-corrected chi connectivity index (χ4v) is 2.30. The summed E-state index contributed by atoms with van der Waals surface area (Å²) in [7, 11) is 3.83. The minimum atomic E-state index is 0. The van der Waals surface area contributed by atoms with Crippen LogP contribution in [-0.2, 0) is 26.8 Å². The van der Waals surface area contributed by atoms with E-state index in [1.165, 1.54) is 23.8 Å². The Kier molecular flexibility index (Phi) is 4.04. The number of rotatable bonds is 4. The van der Waals surface area contributed by atoms with Crippen LogP contribution in [0.2, 0.25) is 0 Å². The first kappa shape index (κ1) is 12.8. The molecule has 0 amide bonds. The van der Waals surface area contributed by atoms with Gasteiger partial charge in [-0.3, -0.25) is 7.05 Å². The molecule has 0 bridgehead atoms. The zero-order chi connectivity index (χ0) is 11.0. The molecule has 1 heterocycles. The van der Waals surface area contributed by atoms with E-state index in [-0.39, 0.29) is 20.4 Å². The molecule has 1 unspecified atom stereocenters. The van der Waals surface area contributed by atoms with Crippen molar-refractivity contribution in [2.75, 3.05) is 0 Å². The van der Waals surface area contributed by atoms with Crippen molar-refractivity contribution in [2.45, 2.75) is 25.3 Å². The van der Waals surface area contributed by atoms with Gasteiger partial charge < -0.3 is 9.73 Å². The van der Waals surface area contributed by atoms with E-state index >= 15 is 0 Å².